The predicted octanol–water partition coefficient (Wildman–Crippen LogP) is 2.61. The zero-order valence-corrected chi connectivity index (χ0v) is 14.2. The summed E-state index contributed by atoms with van der Waals surface area (Å²) in [5.41, 5.74) is 4.94. The number of hydrogen-bond donors (Lipinski definition) is 2. The normalized spacial score (nSPS) is 12.6. The van der Waals surface area contributed by atoms with E-state index in [0.29, 0.717) is 0 Å². The Balaban J connectivity index is 2.44. The number of nitrogens with zero attached hydrogens (tertiary/aromatic N) is 3. The standard InChI is InChI=1S/C12H15BrIN5/c1-2-5-19-11(7-16-18-19)12(17-15)9-6-8(13)3-4-10(9)14/h3-4,6-7,12,17H,2,5,15H2,1H3. The Morgan fingerprint density at radius 3 is 3.00 bits per heavy atom. The number of aryl methyl sites for hydroxylation is 1. The number of aromatic nitrogens is 3. The lowest BCUT2D eigenvalue weighted by atomic mass is 10.0. The molecule has 1 heterocycles. The minimum absolute atomic E-state index is 0.119. The largest absolute Gasteiger partial charge is 0.271 e. The van der Waals surface area contributed by atoms with Gasteiger partial charge in [0.1, 0.15) is 0 Å². The van der Waals surface area contributed by atoms with Gasteiger partial charge in [-0.1, -0.05) is 28.1 Å². The fraction of sp³-hybridized carbons (Fsp3) is 0.333. The van der Waals surface area contributed by atoms with Crippen molar-refractivity contribution in [2.24, 2.45) is 5.84 Å². The maximum atomic E-state index is 5.74. The van der Waals surface area contributed by atoms with Gasteiger partial charge >= 0.3 is 0 Å². The molecule has 102 valence electrons. The highest BCUT2D eigenvalue weighted by Gasteiger charge is 2.20. The highest BCUT2D eigenvalue weighted by atomic mass is 127. The Labute approximate surface area is 134 Å². The highest BCUT2D eigenvalue weighted by molar-refractivity contribution is 14.1. The van der Waals surface area contributed by atoms with Crippen LogP contribution >= 0.6 is 38.5 Å². The van der Waals surface area contributed by atoms with Gasteiger partial charge in [-0.2, -0.15) is 0 Å². The quantitative estimate of drug-likeness (QED) is 0.430. The third kappa shape index (κ3) is 3.33. The van der Waals surface area contributed by atoms with E-state index < -0.39 is 0 Å². The van der Waals surface area contributed by atoms with E-state index in [1.54, 1.807) is 6.20 Å². The van der Waals surface area contributed by atoms with Gasteiger partial charge in [-0.25, -0.2) is 10.1 Å². The molecule has 0 saturated carbocycles. The number of hydrazine groups is 1. The summed E-state index contributed by atoms with van der Waals surface area (Å²) in [6.45, 7) is 2.94. The first-order chi connectivity index (χ1) is 9.17. The van der Waals surface area contributed by atoms with Crippen molar-refractivity contribution in [2.75, 3.05) is 0 Å². The van der Waals surface area contributed by atoms with Crippen molar-refractivity contribution in [2.45, 2.75) is 25.9 Å². The summed E-state index contributed by atoms with van der Waals surface area (Å²) in [6, 6.07) is 6.01. The first-order valence-corrected chi connectivity index (χ1v) is 7.84. The molecule has 2 aromatic rings. The molecule has 0 radical (unpaired) electrons. The third-order valence-corrected chi connectivity index (χ3v) is 4.29. The van der Waals surface area contributed by atoms with Gasteiger partial charge in [0.25, 0.3) is 0 Å². The van der Waals surface area contributed by atoms with Crippen LogP contribution in [0, 0.1) is 3.57 Å². The van der Waals surface area contributed by atoms with Crippen molar-refractivity contribution < 1.29 is 0 Å². The number of rotatable bonds is 5. The zero-order chi connectivity index (χ0) is 13.8. The van der Waals surface area contributed by atoms with Gasteiger partial charge in [-0.3, -0.25) is 5.84 Å². The van der Waals surface area contributed by atoms with Gasteiger partial charge in [0, 0.05) is 14.6 Å². The van der Waals surface area contributed by atoms with Crippen LogP contribution in [0.5, 0.6) is 0 Å². The molecule has 1 aromatic carbocycles. The van der Waals surface area contributed by atoms with E-state index in [0.717, 1.165) is 32.3 Å². The van der Waals surface area contributed by atoms with Crippen molar-refractivity contribution >= 4 is 38.5 Å². The molecule has 0 amide bonds. The fourth-order valence-corrected chi connectivity index (χ4v) is 2.97. The van der Waals surface area contributed by atoms with Gasteiger partial charge in [0.15, 0.2) is 0 Å². The summed E-state index contributed by atoms with van der Waals surface area (Å²) in [5.74, 6) is 5.74. The van der Waals surface area contributed by atoms with Crippen LogP contribution < -0.4 is 11.3 Å². The summed E-state index contributed by atoms with van der Waals surface area (Å²) < 4.78 is 4.06. The van der Waals surface area contributed by atoms with Crippen LogP contribution in [0.4, 0.5) is 0 Å². The molecular weight excluding hydrogens is 421 g/mol. The average Bonchev–Trinajstić information content (AvgIpc) is 2.83. The van der Waals surface area contributed by atoms with E-state index in [4.69, 9.17) is 5.84 Å². The minimum Gasteiger partial charge on any atom is -0.271 e. The Morgan fingerprint density at radius 1 is 1.53 bits per heavy atom. The first-order valence-electron chi connectivity index (χ1n) is 5.96. The lowest BCUT2D eigenvalue weighted by Crippen LogP contribution is -2.31. The molecule has 2 rings (SSSR count). The van der Waals surface area contributed by atoms with Crippen LogP contribution in [0.25, 0.3) is 0 Å². The molecular formula is C12H15BrIN5. The fourth-order valence-electron chi connectivity index (χ4n) is 1.95. The molecule has 5 nitrogen and oxygen atoms in total. The van der Waals surface area contributed by atoms with Crippen LogP contribution in [-0.2, 0) is 6.54 Å². The average molecular weight is 436 g/mol. The lowest BCUT2D eigenvalue weighted by Gasteiger charge is -2.19. The smallest absolute Gasteiger partial charge is 0.0905 e. The van der Waals surface area contributed by atoms with E-state index in [9.17, 15) is 0 Å². The predicted molar refractivity (Wildman–Crippen MR) is 86.3 cm³/mol. The molecule has 0 aliphatic carbocycles. The van der Waals surface area contributed by atoms with Crippen LogP contribution in [-0.4, -0.2) is 15.0 Å². The topological polar surface area (TPSA) is 68.8 Å². The first kappa shape index (κ1) is 14.9. The van der Waals surface area contributed by atoms with Crippen molar-refractivity contribution in [3.05, 3.63) is 43.7 Å². The van der Waals surface area contributed by atoms with Gasteiger partial charge in [0.2, 0.25) is 0 Å². The Morgan fingerprint density at radius 2 is 2.32 bits per heavy atom. The summed E-state index contributed by atoms with van der Waals surface area (Å²) >= 11 is 5.80. The molecule has 1 unspecified atom stereocenters. The van der Waals surface area contributed by atoms with Gasteiger partial charge in [-0.15, -0.1) is 5.10 Å². The zero-order valence-electron chi connectivity index (χ0n) is 10.5. The summed E-state index contributed by atoms with van der Waals surface area (Å²) in [7, 11) is 0. The number of benzene rings is 1. The third-order valence-electron chi connectivity index (χ3n) is 2.81. The van der Waals surface area contributed by atoms with Crippen molar-refractivity contribution in [1.29, 1.82) is 0 Å². The molecule has 1 aromatic heterocycles. The number of nitrogens with two attached hydrogens (primary N) is 1. The van der Waals surface area contributed by atoms with E-state index in [1.165, 1.54) is 0 Å². The van der Waals surface area contributed by atoms with Crippen molar-refractivity contribution in [1.82, 2.24) is 20.4 Å². The molecule has 0 aliphatic rings. The molecule has 19 heavy (non-hydrogen) atoms. The molecule has 0 fully saturated rings. The van der Waals surface area contributed by atoms with Crippen molar-refractivity contribution in [3.63, 3.8) is 0 Å². The van der Waals surface area contributed by atoms with Crippen LogP contribution in [0.3, 0.4) is 0 Å². The van der Waals surface area contributed by atoms with E-state index >= 15 is 0 Å². The number of nitrogens with one attached hydrogen (secondary N) is 1. The highest BCUT2D eigenvalue weighted by Crippen LogP contribution is 2.28. The Bertz CT molecular complexity index is 557. The molecule has 0 bridgehead atoms. The second kappa shape index (κ2) is 6.78. The maximum Gasteiger partial charge on any atom is 0.0905 e. The van der Waals surface area contributed by atoms with Gasteiger partial charge in [-0.05, 0) is 52.8 Å². The molecule has 3 N–H and O–H groups in total. The summed E-state index contributed by atoms with van der Waals surface area (Å²) in [5, 5.41) is 8.10. The van der Waals surface area contributed by atoms with Crippen LogP contribution in [0.15, 0.2) is 28.9 Å². The van der Waals surface area contributed by atoms with Crippen molar-refractivity contribution in [3.8, 4) is 0 Å². The second-order valence-corrected chi connectivity index (χ2v) is 6.23. The van der Waals surface area contributed by atoms with E-state index in [-0.39, 0.29) is 6.04 Å². The molecule has 0 saturated heterocycles. The molecule has 0 aliphatic heterocycles. The van der Waals surface area contributed by atoms with E-state index in [2.05, 4.69) is 73.3 Å². The monoisotopic (exact) mass is 435 g/mol. The van der Waals surface area contributed by atoms with E-state index in [1.807, 2.05) is 10.7 Å². The van der Waals surface area contributed by atoms with Crippen LogP contribution in [0.2, 0.25) is 0 Å². The Kier molecular flexibility index (Phi) is 5.31. The van der Waals surface area contributed by atoms with Gasteiger partial charge in [0.05, 0.1) is 17.9 Å². The SMILES string of the molecule is CCCn1nncc1C(NN)c1cc(Br)ccc1I. The molecule has 0 spiro atoms. The van der Waals surface area contributed by atoms with Gasteiger partial charge < -0.3 is 0 Å². The summed E-state index contributed by atoms with van der Waals surface area (Å²) in [6.07, 6.45) is 2.76. The minimum atomic E-state index is -0.119. The molecule has 1 atom stereocenters. The van der Waals surface area contributed by atoms with Crippen LogP contribution in [0.1, 0.15) is 30.6 Å². The molecule has 7 heteroatoms. The number of halogens is 2. The maximum absolute atomic E-state index is 5.74. The number of hydrogen-bond acceptors (Lipinski definition) is 4. The summed E-state index contributed by atoms with van der Waals surface area (Å²) in [4.78, 5) is 0. The second-order valence-electron chi connectivity index (χ2n) is 4.15. The Hall–Kier alpha value is -0.510. The lowest BCUT2D eigenvalue weighted by molar-refractivity contribution is 0.511.